The predicted molar refractivity (Wildman–Crippen MR) is 65.0 cm³/mol. The summed E-state index contributed by atoms with van der Waals surface area (Å²) in [5.74, 6) is -1.32. The molecule has 0 aliphatic carbocycles. The van der Waals surface area contributed by atoms with E-state index in [1.807, 2.05) is 26.0 Å². The number of aryl methyl sites for hydroxylation is 1. The molecule has 2 N–H and O–H groups in total. The van der Waals surface area contributed by atoms with E-state index >= 15 is 0 Å². The minimum Gasteiger partial charge on any atom is -0.480 e. The first-order valence-corrected chi connectivity index (χ1v) is 5.65. The van der Waals surface area contributed by atoms with Crippen LogP contribution in [0.3, 0.4) is 0 Å². The van der Waals surface area contributed by atoms with Crippen molar-refractivity contribution in [3.05, 3.63) is 35.4 Å². The third kappa shape index (κ3) is 3.59. The summed E-state index contributed by atoms with van der Waals surface area (Å²) >= 11 is 0. The minimum absolute atomic E-state index is 0.330. The number of aliphatic carboxylic acids is 1. The molecule has 1 rings (SSSR count). The molecule has 0 aliphatic rings. The summed E-state index contributed by atoms with van der Waals surface area (Å²) < 4.78 is 0. The van der Waals surface area contributed by atoms with E-state index in [2.05, 4.69) is 5.32 Å². The van der Waals surface area contributed by atoms with Gasteiger partial charge in [-0.3, -0.25) is 4.79 Å². The van der Waals surface area contributed by atoms with Crippen LogP contribution in [0.1, 0.15) is 35.7 Å². The van der Waals surface area contributed by atoms with Crippen LogP contribution >= 0.6 is 0 Å². The van der Waals surface area contributed by atoms with Crippen LogP contribution in [0.15, 0.2) is 24.3 Å². The van der Waals surface area contributed by atoms with Crippen LogP contribution in [-0.2, 0) is 4.79 Å². The Morgan fingerprint density at radius 3 is 2.53 bits per heavy atom. The van der Waals surface area contributed by atoms with Crippen molar-refractivity contribution in [3.8, 4) is 0 Å². The van der Waals surface area contributed by atoms with Crippen molar-refractivity contribution in [1.29, 1.82) is 0 Å². The first-order chi connectivity index (χ1) is 8.06. The zero-order valence-electron chi connectivity index (χ0n) is 10.1. The normalized spacial score (nSPS) is 11.9. The second kappa shape index (κ2) is 6.03. The Balaban J connectivity index is 2.77. The molecule has 17 heavy (non-hydrogen) atoms. The van der Waals surface area contributed by atoms with E-state index in [9.17, 15) is 9.59 Å². The molecule has 0 spiro atoms. The molecule has 92 valence electrons. The van der Waals surface area contributed by atoms with E-state index in [0.717, 1.165) is 5.56 Å². The maximum absolute atomic E-state index is 11.9. The number of carboxylic acid groups (broad SMARTS) is 1. The highest BCUT2D eigenvalue weighted by atomic mass is 16.4. The summed E-state index contributed by atoms with van der Waals surface area (Å²) in [7, 11) is 0. The van der Waals surface area contributed by atoms with Gasteiger partial charge in [0.1, 0.15) is 6.04 Å². The van der Waals surface area contributed by atoms with Gasteiger partial charge in [-0.1, -0.05) is 31.5 Å². The average molecular weight is 235 g/mol. The molecule has 0 fully saturated rings. The molecule has 0 aliphatic heterocycles. The Labute approximate surface area is 101 Å². The Hall–Kier alpha value is -1.84. The maximum Gasteiger partial charge on any atom is 0.326 e. The van der Waals surface area contributed by atoms with Gasteiger partial charge in [0, 0.05) is 5.56 Å². The van der Waals surface area contributed by atoms with Gasteiger partial charge in [-0.15, -0.1) is 0 Å². The van der Waals surface area contributed by atoms with Crippen molar-refractivity contribution < 1.29 is 14.7 Å². The summed E-state index contributed by atoms with van der Waals surface area (Å²) in [5, 5.41) is 11.5. The van der Waals surface area contributed by atoms with Crippen molar-refractivity contribution in [2.45, 2.75) is 32.7 Å². The van der Waals surface area contributed by atoms with Crippen LogP contribution in [0.25, 0.3) is 0 Å². The number of hydrogen-bond donors (Lipinski definition) is 2. The number of benzene rings is 1. The number of carbonyl (C=O) groups is 2. The summed E-state index contributed by atoms with van der Waals surface area (Å²) in [6.07, 6.45) is 1.15. The molecule has 1 aromatic rings. The SMILES string of the molecule is CCC[C@@H](NC(=O)c1ccccc1C)C(=O)O. The molecular weight excluding hydrogens is 218 g/mol. The Bertz CT molecular complexity index is 415. The standard InChI is InChI=1S/C13H17NO3/c1-3-6-11(13(16)17)14-12(15)10-8-5-4-7-9(10)2/h4-5,7-8,11H,3,6H2,1-2H3,(H,14,15)(H,16,17)/t11-/m1/s1. The second-order valence-corrected chi connectivity index (χ2v) is 3.97. The summed E-state index contributed by atoms with van der Waals surface area (Å²) in [4.78, 5) is 22.8. The van der Waals surface area contributed by atoms with E-state index in [4.69, 9.17) is 5.11 Å². The van der Waals surface area contributed by atoms with Gasteiger partial charge in [0.15, 0.2) is 0 Å². The summed E-state index contributed by atoms with van der Waals surface area (Å²) in [6.45, 7) is 3.71. The van der Waals surface area contributed by atoms with Gasteiger partial charge in [-0.25, -0.2) is 4.79 Å². The number of nitrogens with one attached hydrogen (secondary N) is 1. The molecule has 1 atom stereocenters. The fourth-order valence-electron chi connectivity index (χ4n) is 1.61. The second-order valence-electron chi connectivity index (χ2n) is 3.97. The molecule has 0 radical (unpaired) electrons. The zero-order valence-corrected chi connectivity index (χ0v) is 10.1. The van der Waals surface area contributed by atoms with E-state index in [1.54, 1.807) is 12.1 Å². The van der Waals surface area contributed by atoms with Crippen molar-refractivity contribution >= 4 is 11.9 Å². The van der Waals surface area contributed by atoms with Gasteiger partial charge in [0.05, 0.1) is 0 Å². The molecule has 0 saturated heterocycles. The summed E-state index contributed by atoms with van der Waals surface area (Å²) in [6, 6.07) is 6.30. The quantitative estimate of drug-likeness (QED) is 0.820. The fourth-order valence-corrected chi connectivity index (χ4v) is 1.61. The molecular formula is C13H17NO3. The van der Waals surface area contributed by atoms with E-state index < -0.39 is 12.0 Å². The van der Waals surface area contributed by atoms with Crippen LogP contribution in [0.5, 0.6) is 0 Å². The lowest BCUT2D eigenvalue weighted by molar-refractivity contribution is -0.139. The van der Waals surface area contributed by atoms with Crippen LogP contribution < -0.4 is 5.32 Å². The number of hydrogen-bond acceptors (Lipinski definition) is 2. The zero-order chi connectivity index (χ0) is 12.8. The number of amides is 1. The van der Waals surface area contributed by atoms with Gasteiger partial charge >= 0.3 is 5.97 Å². The fraction of sp³-hybridized carbons (Fsp3) is 0.385. The average Bonchev–Trinajstić information content (AvgIpc) is 2.28. The van der Waals surface area contributed by atoms with Gasteiger partial charge < -0.3 is 10.4 Å². The monoisotopic (exact) mass is 235 g/mol. The topological polar surface area (TPSA) is 66.4 Å². The molecule has 0 heterocycles. The first kappa shape index (κ1) is 13.2. The van der Waals surface area contributed by atoms with Crippen molar-refractivity contribution in [1.82, 2.24) is 5.32 Å². The summed E-state index contributed by atoms with van der Waals surface area (Å²) in [5.41, 5.74) is 1.36. The van der Waals surface area contributed by atoms with Gasteiger partial charge in [-0.05, 0) is 25.0 Å². The molecule has 0 bridgehead atoms. The molecule has 4 nitrogen and oxygen atoms in total. The number of rotatable bonds is 5. The highest BCUT2D eigenvalue weighted by Gasteiger charge is 2.20. The van der Waals surface area contributed by atoms with E-state index in [-0.39, 0.29) is 5.91 Å². The lowest BCUT2D eigenvalue weighted by atomic mass is 10.1. The molecule has 0 unspecified atom stereocenters. The highest BCUT2D eigenvalue weighted by Crippen LogP contribution is 2.08. The van der Waals surface area contributed by atoms with Crippen LogP contribution in [0.2, 0.25) is 0 Å². The minimum atomic E-state index is -0.992. The van der Waals surface area contributed by atoms with E-state index in [1.165, 1.54) is 0 Å². The van der Waals surface area contributed by atoms with Gasteiger partial charge in [-0.2, -0.15) is 0 Å². The van der Waals surface area contributed by atoms with E-state index in [0.29, 0.717) is 18.4 Å². The van der Waals surface area contributed by atoms with Crippen molar-refractivity contribution in [3.63, 3.8) is 0 Å². The molecule has 0 saturated carbocycles. The molecule has 4 heteroatoms. The lowest BCUT2D eigenvalue weighted by Crippen LogP contribution is -2.40. The highest BCUT2D eigenvalue weighted by molar-refractivity contribution is 5.97. The van der Waals surface area contributed by atoms with Crippen molar-refractivity contribution in [2.75, 3.05) is 0 Å². The molecule has 0 aromatic heterocycles. The van der Waals surface area contributed by atoms with Gasteiger partial charge in [0.25, 0.3) is 5.91 Å². The predicted octanol–water partition coefficient (Wildman–Crippen LogP) is 1.98. The lowest BCUT2D eigenvalue weighted by Gasteiger charge is -2.14. The van der Waals surface area contributed by atoms with Crippen LogP contribution in [0.4, 0.5) is 0 Å². The Kier molecular flexibility index (Phi) is 4.69. The third-order valence-corrected chi connectivity index (χ3v) is 2.57. The smallest absolute Gasteiger partial charge is 0.326 e. The maximum atomic E-state index is 11.9. The van der Waals surface area contributed by atoms with Crippen LogP contribution in [0, 0.1) is 6.92 Å². The Morgan fingerprint density at radius 2 is 2.00 bits per heavy atom. The largest absolute Gasteiger partial charge is 0.480 e. The van der Waals surface area contributed by atoms with Crippen LogP contribution in [-0.4, -0.2) is 23.0 Å². The molecule has 1 amide bonds. The first-order valence-electron chi connectivity index (χ1n) is 5.65. The number of carboxylic acids is 1. The number of carbonyl (C=O) groups excluding carboxylic acids is 1. The van der Waals surface area contributed by atoms with Gasteiger partial charge in [0.2, 0.25) is 0 Å². The third-order valence-electron chi connectivity index (χ3n) is 2.57. The Morgan fingerprint density at radius 1 is 1.35 bits per heavy atom. The molecule has 1 aromatic carbocycles. The van der Waals surface area contributed by atoms with Crippen molar-refractivity contribution in [2.24, 2.45) is 0 Å².